The second kappa shape index (κ2) is 25.9. The minimum absolute atomic E-state index is 0.227. The lowest BCUT2D eigenvalue weighted by molar-refractivity contribution is -0.205. The number of phosphoric acid groups is 3. The van der Waals surface area contributed by atoms with Gasteiger partial charge in [-0.3, -0.25) is 45.5 Å². The van der Waals surface area contributed by atoms with Gasteiger partial charge in [-0.05, 0) is 46.2 Å². The maximum Gasteiger partial charge on any atom is 0.475 e. The molecule has 0 amide bonds. The molecule has 16 nitrogen and oxygen atoms in total. The van der Waals surface area contributed by atoms with Crippen molar-refractivity contribution in [2.24, 2.45) is 0 Å². The summed E-state index contributed by atoms with van der Waals surface area (Å²) in [7, 11) is -14.5. The first kappa shape index (κ1) is 54.8. The fourth-order valence-corrected chi connectivity index (χ4v) is 13.1. The SMILES string of the molecule is CC(=O)O[C@@H]1[C@@H](OP(=O)(OCc2ccccc2)OCc2ccccc2)[C@H](OP(=O)(OCc2ccccc2)OCc2ccccc2)[C@@H]2OC3(CCCCC3)O[C@@H]2[C@H]1OP(=O)(OCc1ccccc1)OCc1ccccc1. The van der Waals surface area contributed by atoms with E-state index in [9.17, 15) is 4.79 Å². The minimum Gasteiger partial charge on any atom is -0.457 e. The fraction of sp³-hybridized carbons (Fsp3) is 0.339. The number of ether oxygens (including phenoxy) is 3. The molecular weight excluding hydrogens is 1020 g/mol. The summed E-state index contributed by atoms with van der Waals surface area (Å²) in [6.07, 6.45) is -6.66. The first-order valence-corrected chi connectivity index (χ1v) is 29.3. The molecule has 0 bridgehead atoms. The second-order valence-corrected chi connectivity index (χ2v) is 23.2. The first-order valence-electron chi connectivity index (χ1n) is 24.9. The lowest BCUT2D eigenvalue weighted by atomic mass is 9.85. The summed E-state index contributed by atoms with van der Waals surface area (Å²) >= 11 is 0. The number of carbonyl (C=O) groups is 1. The number of fused-ring (bicyclic) bond motifs is 1. The molecule has 9 rings (SSSR count). The molecule has 3 aliphatic rings. The largest absolute Gasteiger partial charge is 0.475 e. The van der Waals surface area contributed by atoms with E-state index in [1.54, 1.807) is 146 Å². The summed E-state index contributed by atoms with van der Waals surface area (Å²) in [5.41, 5.74) is 3.81. The Morgan fingerprint density at radius 2 is 0.653 bits per heavy atom. The Labute approximate surface area is 437 Å². The monoisotopic (exact) mass is 1080 g/mol. The van der Waals surface area contributed by atoms with Gasteiger partial charge in [0.2, 0.25) is 0 Å². The zero-order chi connectivity index (χ0) is 52.0. The van der Waals surface area contributed by atoms with Gasteiger partial charge in [0.15, 0.2) is 11.9 Å². The zero-order valence-corrected chi connectivity index (χ0v) is 44.1. The van der Waals surface area contributed by atoms with Gasteiger partial charge < -0.3 is 14.2 Å². The van der Waals surface area contributed by atoms with Crippen LogP contribution in [0.4, 0.5) is 0 Å². The van der Waals surface area contributed by atoms with E-state index in [4.69, 9.17) is 54.9 Å². The van der Waals surface area contributed by atoms with Crippen LogP contribution in [-0.4, -0.2) is 48.4 Å². The van der Waals surface area contributed by atoms with Crippen LogP contribution in [0.5, 0.6) is 0 Å². The normalized spacial score (nSPS) is 21.6. The predicted octanol–water partition coefficient (Wildman–Crippen LogP) is 13.2. The van der Waals surface area contributed by atoms with Crippen molar-refractivity contribution in [1.82, 2.24) is 0 Å². The third-order valence-corrected chi connectivity index (χ3v) is 16.9. The van der Waals surface area contributed by atoms with Gasteiger partial charge in [0.25, 0.3) is 0 Å². The molecule has 0 aromatic heterocycles. The molecule has 396 valence electrons. The third kappa shape index (κ3) is 15.4. The molecule has 6 aromatic carbocycles. The van der Waals surface area contributed by atoms with Crippen molar-refractivity contribution < 1.29 is 73.4 Å². The van der Waals surface area contributed by atoms with Gasteiger partial charge in [-0.25, -0.2) is 13.7 Å². The predicted molar refractivity (Wildman–Crippen MR) is 276 cm³/mol. The Bertz CT molecular complexity index is 2700. The van der Waals surface area contributed by atoms with Gasteiger partial charge in [-0.15, -0.1) is 0 Å². The van der Waals surface area contributed by atoms with Crippen molar-refractivity contribution in [3.63, 3.8) is 0 Å². The molecule has 1 aliphatic heterocycles. The average Bonchev–Trinajstić information content (AvgIpc) is 3.83. The Balaban J connectivity index is 1.17. The van der Waals surface area contributed by atoms with Gasteiger partial charge in [-0.1, -0.05) is 188 Å². The summed E-state index contributed by atoms with van der Waals surface area (Å²) < 4.78 is 124. The molecule has 75 heavy (non-hydrogen) atoms. The van der Waals surface area contributed by atoms with Gasteiger partial charge in [0.1, 0.15) is 30.5 Å². The van der Waals surface area contributed by atoms with Gasteiger partial charge >= 0.3 is 29.4 Å². The van der Waals surface area contributed by atoms with Crippen LogP contribution in [0.1, 0.15) is 72.4 Å². The Hall–Kier alpha value is -4.96. The van der Waals surface area contributed by atoms with Crippen LogP contribution in [0.15, 0.2) is 182 Å². The van der Waals surface area contributed by atoms with Crippen molar-refractivity contribution in [2.75, 3.05) is 0 Å². The van der Waals surface area contributed by atoms with Gasteiger partial charge in [-0.2, -0.15) is 0 Å². The maximum atomic E-state index is 15.7. The molecule has 1 spiro atoms. The van der Waals surface area contributed by atoms with Crippen LogP contribution in [-0.2, 0) is 113 Å². The van der Waals surface area contributed by atoms with Crippen LogP contribution in [0.25, 0.3) is 0 Å². The van der Waals surface area contributed by atoms with E-state index in [2.05, 4.69) is 0 Å². The topological polar surface area (TPSA) is 179 Å². The summed E-state index contributed by atoms with van der Waals surface area (Å²) in [5.74, 6) is -2.17. The van der Waals surface area contributed by atoms with Crippen LogP contribution in [0, 0.1) is 0 Å². The molecule has 2 aliphatic carbocycles. The highest BCUT2D eigenvalue weighted by Gasteiger charge is 2.66. The van der Waals surface area contributed by atoms with Crippen LogP contribution in [0.2, 0.25) is 0 Å². The van der Waals surface area contributed by atoms with Crippen molar-refractivity contribution in [3.8, 4) is 0 Å². The van der Waals surface area contributed by atoms with E-state index >= 15 is 13.7 Å². The summed E-state index contributed by atoms with van der Waals surface area (Å²) in [5, 5.41) is 0. The molecule has 6 aromatic rings. The van der Waals surface area contributed by atoms with Crippen molar-refractivity contribution in [3.05, 3.63) is 215 Å². The van der Waals surface area contributed by atoms with E-state index in [1.165, 1.54) is 0 Å². The van der Waals surface area contributed by atoms with E-state index in [-0.39, 0.29) is 39.6 Å². The maximum absolute atomic E-state index is 15.7. The Morgan fingerprint density at radius 3 is 0.920 bits per heavy atom. The summed E-state index contributed by atoms with van der Waals surface area (Å²) in [6.45, 7) is -0.320. The van der Waals surface area contributed by atoms with Crippen LogP contribution in [0.3, 0.4) is 0 Å². The minimum atomic E-state index is -4.92. The highest BCUT2D eigenvalue weighted by molar-refractivity contribution is 7.49. The van der Waals surface area contributed by atoms with Crippen molar-refractivity contribution in [1.29, 1.82) is 0 Å². The van der Waals surface area contributed by atoms with Crippen molar-refractivity contribution >= 4 is 29.4 Å². The molecule has 0 radical (unpaired) electrons. The summed E-state index contributed by atoms with van der Waals surface area (Å²) in [6, 6.07) is 53.9. The number of rotatable bonds is 25. The second-order valence-electron chi connectivity index (χ2n) is 18.3. The Kier molecular flexibility index (Phi) is 18.9. The molecular formula is C56H61O16P3. The van der Waals surface area contributed by atoms with Gasteiger partial charge in [0, 0.05) is 19.8 Å². The number of carbonyl (C=O) groups excluding carboxylic acids is 1. The molecule has 0 N–H and O–H groups in total. The molecule has 3 fully saturated rings. The first-order chi connectivity index (χ1) is 36.5. The number of phosphoric ester groups is 3. The summed E-state index contributed by atoms with van der Waals surface area (Å²) in [4.78, 5) is 13.7. The van der Waals surface area contributed by atoms with Crippen LogP contribution >= 0.6 is 23.5 Å². The van der Waals surface area contributed by atoms with Gasteiger partial charge in [0.05, 0.1) is 39.6 Å². The van der Waals surface area contributed by atoms with E-state index in [0.29, 0.717) is 59.1 Å². The number of esters is 1. The van der Waals surface area contributed by atoms with E-state index < -0.39 is 71.8 Å². The molecule has 1 heterocycles. The highest BCUT2D eigenvalue weighted by atomic mass is 31.2. The highest BCUT2D eigenvalue weighted by Crippen LogP contribution is 2.62. The standard InChI is InChI=1S/C56H61O16P3/c1-43(57)67-50-53(70-73(58,61-37-44-23-9-2-10-24-44)62-38-45-25-11-3-12-26-45)51-52(69-56(68-51)35-21-8-22-36-56)55(72-75(60,65-41-48-31-17-6-18-32-48)66-42-49-33-19-7-20-34-49)54(50)71-74(59,63-39-46-27-13-4-14-28-46)64-40-47-29-15-5-16-30-47/h2-7,9-20,23-34,50-55H,8,21-22,35-42H2,1H3/t50-,51-,52+,53-,54+,55+/m0/s1. The lowest BCUT2D eigenvalue weighted by Gasteiger charge is -2.46. The number of hydrogen-bond donors (Lipinski definition) is 0. The quantitative estimate of drug-likeness (QED) is 0.0390. The molecule has 6 atom stereocenters. The van der Waals surface area contributed by atoms with Crippen LogP contribution < -0.4 is 0 Å². The van der Waals surface area contributed by atoms with Crippen molar-refractivity contribution in [2.45, 2.75) is 121 Å². The Morgan fingerprint density at radius 1 is 0.400 bits per heavy atom. The molecule has 0 unspecified atom stereocenters. The molecule has 2 saturated carbocycles. The number of hydrogen-bond acceptors (Lipinski definition) is 16. The smallest absolute Gasteiger partial charge is 0.457 e. The molecule has 19 heteroatoms. The lowest BCUT2D eigenvalue weighted by Crippen LogP contribution is -2.65. The zero-order valence-electron chi connectivity index (χ0n) is 41.4. The van der Waals surface area contributed by atoms with E-state index in [0.717, 1.165) is 13.3 Å². The van der Waals surface area contributed by atoms with E-state index in [1.807, 2.05) is 36.4 Å². The third-order valence-electron chi connectivity index (χ3n) is 12.7. The molecule has 1 saturated heterocycles. The fourth-order valence-electron chi connectivity index (χ4n) is 9.03. The average molecular weight is 1080 g/mol. The number of benzene rings is 6.